The Hall–Kier alpha value is -3.98. The van der Waals surface area contributed by atoms with E-state index in [0.717, 1.165) is 0 Å². The number of nitrogens with one attached hydrogen (secondary N) is 1. The number of Topliss-reactive ketones (excluding diaryl/α,β-unsaturated/α-hetero) is 1. The molecule has 2 aliphatic rings. The van der Waals surface area contributed by atoms with Crippen molar-refractivity contribution in [3.05, 3.63) is 99.6 Å². The summed E-state index contributed by atoms with van der Waals surface area (Å²) in [4.78, 5) is 44.0. The van der Waals surface area contributed by atoms with E-state index >= 15 is 0 Å². The molecule has 0 bridgehead atoms. The number of pyridine rings is 1. The lowest BCUT2D eigenvalue weighted by Crippen LogP contribution is -2.51. The second kappa shape index (κ2) is 7.56. The predicted octanol–water partition coefficient (Wildman–Crippen LogP) is 3.50. The smallest absolute Gasteiger partial charge is 0.269 e. The van der Waals surface area contributed by atoms with E-state index < -0.39 is 34.0 Å². The van der Waals surface area contributed by atoms with Crippen molar-refractivity contribution in [3.8, 4) is 0 Å². The Balaban J connectivity index is 1.71. The summed E-state index contributed by atoms with van der Waals surface area (Å²) in [5, 5.41) is 13.9. The van der Waals surface area contributed by atoms with Gasteiger partial charge in [-0.15, -0.1) is 0 Å². The Labute approximate surface area is 188 Å². The summed E-state index contributed by atoms with van der Waals surface area (Å²) in [6, 6.07) is 15.0. The number of anilines is 1. The van der Waals surface area contributed by atoms with Crippen LogP contribution >= 0.6 is 0 Å². The summed E-state index contributed by atoms with van der Waals surface area (Å²) in [7, 11) is 1.73. The summed E-state index contributed by atoms with van der Waals surface area (Å²) in [5.74, 6) is -2.69. The Morgan fingerprint density at radius 2 is 1.97 bits per heavy atom. The maximum Gasteiger partial charge on any atom is 0.269 e. The van der Waals surface area contributed by atoms with Gasteiger partial charge in [0, 0.05) is 42.0 Å². The molecule has 0 saturated carbocycles. The number of likely N-dealkylation sites (tertiary alicyclic amines) is 1. The molecular formula is C24H19FN4O4. The van der Waals surface area contributed by atoms with E-state index in [1.54, 1.807) is 42.3 Å². The van der Waals surface area contributed by atoms with E-state index in [2.05, 4.69) is 10.3 Å². The highest BCUT2D eigenvalue weighted by Crippen LogP contribution is 2.55. The predicted molar refractivity (Wildman–Crippen MR) is 117 cm³/mol. The van der Waals surface area contributed by atoms with Crippen molar-refractivity contribution < 1.29 is 18.9 Å². The summed E-state index contributed by atoms with van der Waals surface area (Å²) in [6.45, 7) is 0.310. The maximum atomic E-state index is 14.3. The number of benzene rings is 2. The molecule has 3 aromatic rings. The third-order valence-electron chi connectivity index (χ3n) is 6.64. The van der Waals surface area contributed by atoms with Gasteiger partial charge in [0.25, 0.3) is 5.69 Å². The number of fused-ring (bicyclic) bond motifs is 2. The second-order valence-corrected chi connectivity index (χ2v) is 8.30. The largest absolute Gasteiger partial charge is 0.324 e. The first-order chi connectivity index (χ1) is 15.8. The Morgan fingerprint density at radius 3 is 2.64 bits per heavy atom. The second-order valence-electron chi connectivity index (χ2n) is 8.30. The molecule has 1 spiro atoms. The summed E-state index contributed by atoms with van der Waals surface area (Å²) in [6.07, 6.45) is 1.50. The molecule has 1 saturated heterocycles. The first-order valence-electron chi connectivity index (χ1n) is 10.4. The number of carbonyl (C=O) groups excluding carboxylic acids is 2. The van der Waals surface area contributed by atoms with Crippen molar-refractivity contribution in [3.63, 3.8) is 0 Å². The number of carbonyl (C=O) groups is 2. The molecule has 166 valence electrons. The van der Waals surface area contributed by atoms with Gasteiger partial charge in [-0.3, -0.25) is 29.6 Å². The Bertz CT molecular complexity index is 1280. The minimum Gasteiger partial charge on any atom is -0.324 e. The van der Waals surface area contributed by atoms with Crippen LogP contribution in [-0.4, -0.2) is 40.1 Å². The molecule has 3 unspecified atom stereocenters. The van der Waals surface area contributed by atoms with Crippen LogP contribution in [0.25, 0.3) is 0 Å². The van der Waals surface area contributed by atoms with Crippen LogP contribution in [0, 0.1) is 21.8 Å². The summed E-state index contributed by atoms with van der Waals surface area (Å²) in [5.41, 5.74) is 0.208. The number of ketones is 1. The van der Waals surface area contributed by atoms with E-state index in [4.69, 9.17) is 0 Å². The number of rotatable bonds is 4. The van der Waals surface area contributed by atoms with Crippen molar-refractivity contribution in [1.82, 2.24) is 9.88 Å². The third kappa shape index (κ3) is 3.04. The number of likely N-dealkylation sites (N-methyl/N-ethyl adjacent to an activating group) is 1. The molecule has 1 fully saturated rings. The van der Waals surface area contributed by atoms with Crippen molar-refractivity contribution in [1.29, 1.82) is 0 Å². The molecule has 2 aliphatic heterocycles. The Morgan fingerprint density at radius 1 is 1.21 bits per heavy atom. The standard InChI is InChI=1S/C24H19FN4O4/c1-28-13-17(14-5-8-16(9-6-14)29(32)33)21(22(30)20-4-2-3-11-26-20)24(28)18-12-15(25)7-10-19(18)27-23(24)31/h2-12,17,21H,13H2,1H3,(H,27,31). The minimum absolute atomic E-state index is 0.0709. The van der Waals surface area contributed by atoms with Gasteiger partial charge < -0.3 is 5.32 Å². The molecule has 33 heavy (non-hydrogen) atoms. The topological polar surface area (TPSA) is 105 Å². The maximum absolute atomic E-state index is 14.3. The molecule has 1 amide bonds. The zero-order valence-electron chi connectivity index (χ0n) is 17.6. The van der Waals surface area contributed by atoms with Gasteiger partial charge in [0.1, 0.15) is 17.1 Å². The fourth-order valence-electron chi connectivity index (χ4n) is 5.22. The zero-order chi connectivity index (χ0) is 23.3. The number of hydrogen-bond donors (Lipinski definition) is 1. The number of non-ortho nitro benzene ring substituents is 1. The van der Waals surface area contributed by atoms with Gasteiger partial charge in [-0.1, -0.05) is 18.2 Å². The van der Waals surface area contributed by atoms with Crippen molar-refractivity contribution in [2.45, 2.75) is 11.5 Å². The average molecular weight is 446 g/mol. The van der Waals surface area contributed by atoms with Crippen molar-refractivity contribution >= 4 is 23.1 Å². The monoisotopic (exact) mass is 446 g/mol. The molecule has 0 aliphatic carbocycles. The van der Waals surface area contributed by atoms with Gasteiger partial charge in [-0.25, -0.2) is 4.39 Å². The van der Waals surface area contributed by atoms with Crippen LogP contribution in [0.15, 0.2) is 66.9 Å². The number of nitrogens with zero attached hydrogens (tertiary/aromatic N) is 3. The first-order valence-corrected chi connectivity index (χ1v) is 10.4. The van der Waals surface area contributed by atoms with Crippen LogP contribution in [0.2, 0.25) is 0 Å². The van der Waals surface area contributed by atoms with Gasteiger partial charge in [0.2, 0.25) is 5.91 Å². The van der Waals surface area contributed by atoms with Gasteiger partial charge >= 0.3 is 0 Å². The number of halogens is 1. The number of nitro groups is 1. The minimum atomic E-state index is -1.45. The van der Waals surface area contributed by atoms with E-state index in [-0.39, 0.29) is 17.2 Å². The van der Waals surface area contributed by atoms with Gasteiger partial charge in [0.15, 0.2) is 5.78 Å². The third-order valence-corrected chi connectivity index (χ3v) is 6.64. The number of amides is 1. The molecule has 3 atom stereocenters. The molecule has 2 aromatic carbocycles. The molecule has 1 N–H and O–H groups in total. The Kier molecular flexibility index (Phi) is 4.79. The highest BCUT2D eigenvalue weighted by atomic mass is 19.1. The average Bonchev–Trinajstić information content (AvgIpc) is 3.29. The molecular weight excluding hydrogens is 427 g/mol. The zero-order valence-corrected chi connectivity index (χ0v) is 17.6. The van der Waals surface area contributed by atoms with Crippen LogP contribution in [0.1, 0.15) is 27.5 Å². The van der Waals surface area contributed by atoms with E-state index in [0.29, 0.717) is 23.4 Å². The lowest BCUT2D eigenvalue weighted by Gasteiger charge is -2.35. The quantitative estimate of drug-likeness (QED) is 0.374. The van der Waals surface area contributed by atoms with E-state index in [1.165, 1.54) is 36.5 Å². The van der Waals surface area contributed by atoms with Crippen molar-refractivity contribution in [2.75, 3.05) is 18.9 Å². The number of hydrogen-bond acceptors (Lipinski definition) is 6. The van der Waals surface area contributed by atoms with E-state index in [9.17, 15) is 24.1 Å². The lowest BCUT2D eigenvalue weighted by molar-refractivity contribution is -0.384. The fraction of sp³-hybridized carbons (Fsp3) is 0.208. The highest BCUT2D eigenvalue weighted by molar-refractivity contribution is 6.11. The van der Waals surface area contributed by atoms with Crippen LogP contribution in [0.3, 0.4) is 0 Å². The van der Waals surface area contributed by atoms with Gasteiger partial charge in [0.05, 0.1) is 10.8 Å². The first kappa shape index (κ1) is 20.9. The summed E-state index contributed by atoms with van der Waals surface area (Å²) >= 11 is 0. The van der Waals surface area contributed by atoms with Crippen LogP contribution in [0.5, 0.6) is 0 Å². The van der Waals surface area contributed by atoms with Crippen LogP contribution in [-0.2, 0) is 10.3 Å². The summed E-state index contributed by atoms with van der Waals surface area (Å²) < 4.78 is 14.3. The number of aromatic nitrogens is 1. The van der Waals surface area contributed by atoms with Crippen molar-refractivity contribution in [2.24, 2.45) is 5.92 Å². The normalized spacial score (nSPS) is 24.0. The van der Waals surface area contributed by atoms with Gasteiger partial charge in [-0.2, -0.15) is 0 Å². The lowest BCUT2D eigenvalue weighted by atomic mass is 9.71. The molecule has 1 aromatic heterocycles. The fourth-order valence-corrected chi connectivity index (χ4v) is 5.22. The van der Waals surface area contributed by atoms with Gasteiger partial charge in [-0.05, 0) is 42.9 Å². The molecule has 9 heteroatoms. The molecule has 5 rings (SSSR count). The highest BCUT2D eigenvalue weighted by Gasteiger charge is 2.64. The number of nitro benzene ring substituents is 1. The van der Waals surface area contributed by atoms with E-state index in [1.807, 2.05) is 0 Å². The molecule has 3 heterocycles. The molecule has 0 radical (unpaired) electrons. The molecule has 8 nitrogen and oxygen atoms in total. The van der Waals surface area contributed by atoms with Crippen LogP contribution in [0.4, 0.5) is 15.8 Å². The SMILES string of the molecule is CN1CC(c2ccc([N+](=O)[O-])cc2)C(C(=O)c2ccccn2)C12C(=O)Nc1ccc(F)cc12. The van der Waals surface area contributed by atoms with Crippen LogP contribution < -0.4 is 5.32 Å².